The van der Waals surface area contributed by atoms with Gasteiger partial charge in [0.15, 0.2) is 16.7 Å². The number of carbonyl (C=O) groups excluding carboxylic acids is 1. The van der Waals surface area contributed by atoms with Gasteiger partial charge in [-0.25, -0.2) is 13.8 Å². The average Bonchev–Trinajstić information content (AvgIpc) is 2.88. The van der Waals surface area contributed by atoms with Gasteiger partial charge in [0.25, 0.3) is 5.56 Å². The molecule has 7 nitrogen and oxygen atoms in total. The number of amides is 1. The van der Waals surface area contributed by atoms with Crippen LogP contribution >= 0.6 is 11.8 Å². The standard InChI is InChI=1S/C26H23F2N3O4S/c1-34-22-10-7-16(13-23(22)35-2)11-12-29-24(32)15-36-26-30-20-6-4-3-5-18(20)25(33)31(26)21-9-8-17(27)14-19(21)28/h3-10,13-14H,11-12,15H2,1-2H3,(H,29,32). The predicted octanol–water partition coefficient (Wildman–Crippen LogP) is 4.13. The molecule has 186 valence electrons. The molecule has 1 amide bonds. The number of thioether (sulfide) groups is 1. The molecule has 0 bridgehead atoms. The molecule has 0 spiro atoms. The van der Waals surface area contributed by atoms with Crippen molar-refractivity contribution < 1.29 is 23.0 Å². The maximum absolute atomic E-state index is 14.6. The van der Waals surface area contributed by atoms with Gasteiger partial charge in [-0.15, -0.1) is 0 Å². The van der Waals surface area contributed by atoms with Gasteiger partial charge in [-0.2, -0.15) is 0 Å². The molecule has 3 aromatic carbocycles. The SMILES string of the molecule is COc1ccc(CCNC(=O)CSc2nc3ccccc3c(=O)n2-c2ccc(F)cc2F)cc1OC. The second-order valence-corrected chi connectivity index (χ2v) is 8.67. The number of hydrogen-bond donors (Lipinski definition) is 1. The molecule has 36 heavy (non-hydrogen) atoms. The Balaban J connectivity index is 1.50. The summed E-state index contributed by atoms with van der Waals surface area (Å²) < 4.78 is 39.7. The maximum atomic E-state index is 14.6. The number of fused-ring (bicyclic) bond motifs is 1. The van der Waals surface area contributed by atoms with Crippen molar-refractivity contribution in [2.45, 2.75) is 11.6 Å². The smallest absolute Gasteiger partial charge is 0.266 e. The van der Waals surface area contributed by atoms with E-state index in [-0.39, 0.29) is 27.9 Å². The van der Waals surface area contributed by atoms with Crippen LogP contribution in [0.15, 0.2) is 70.6 Å². The van der Waals surface area contributed by atoms with Gasteiger partial charge in [-0.05, 0) is 48.4 Å². The number of ether oxygens (including phenoxy) is 2. The molecule has 1 heterocycles. The number of hydrogen-bond acceptors (Lipinski definition) is 6. The van der Waals surface area contributed by atoms with Crippen LogP contribution in [0.4, 0.5) is 8.78 Å². The molecule has 0 saturated carbocycles. The third-order valence-corrected chi connectivity index (χ3v) is 6.35. The second-order valence-electron chi connectivity index (χ2n) is 7.73. The van der Waals surface area contributed by atoms with Crippen molar-refractivity contribution >= 4 is 28.6 Å². The fraction of sp³-hybridized carbons (Fsp3) is 0.192. The number of halogens is 2. The number of aromatic nitrogens is 2. The minimum Gasteiger partial charge on any atom is -0.493 e. The zero-order valence-electron chi connectivity index (χ0n) is 19.6. The van der Waals surface area contributed by atoms with E-state index in [1.54, 1.807) is 44.6 Å². The maximum Gasteiger partial charge on any atom is 0.266 e. The minimum atomic E-state index is -0.907. The fourth-order valence-electron chi connectivity index (χ4n) is 3.65. The summed E-state index contributed by atoms with van der Waals surface area (Å²) in [7, 11) is 3.11. The summed E-state index contributed by atoms with van der Waals surface area (Å²) >= 11 is 0.992. The summed E-state index contributed by atoms with van der Waals surface area (Å²) in [5, 5.41) is 3.23. The molecule has 0 aliphatic carbocycles. The van der Waals surface area contributed by atoms with Crippen LogP contribution in [0.5, 0.6) is 11.5 Å². The second kappa shape index (κ2) is 11.2. The van der Waals surface area contributed by atoms with Crippen molar-refractivity contribution in [1.82, 2.24) is 14.9 Å². The molecule has 4 aromatic rings. The molecule has 4 rings (SSSR count). The van der Waals surface area contributed by atoms with Crippen LogP contribution in [0.2, 0.25) is 0 Å². The monoisotopic (exact) mass is 511 g/mol. The Hall–Kier alpha value is -3.92. The molecule has 0 aliphatic rings. The molecule has 0 fully saturated rings. The molecule has 0 radical (unpaired) electrons. The zero-order chi connectivity index (χ0) is 25.7. The van der Waals surface area contributed by atoms with Crippen LogP contribution in [-0.4, -0.2) is 42.0 Å². The number of carbonyl (C=O) groups is 1. The molecule has 0 unspecified atom stereocenters. The topological polar surface area (TPSA) is 82.5 Å². The van der Waals surface area contributed by atoms with E-state index in [1.165, 1.54) is 6.07 Å². The Bertz CT molecular complexity index is 1480. The van der Waals surface area contributed by atoms with E-state index in [2.05, 4.69) is 10.3 Å². The quantitative estimate of drug-likeness (QED) is 0.269. The van der Waals surface area contributed by atoms with E-state index < -0.39 is 17.2 Å². The summed E-state index contributed by atoms with van der Waals surface area (Å²) in [5.74, 6) is -0.788. The summed E-state index contributed by atoms with van der Waals surface area (Å²) in [4.78, 5) is 30.2. The zero-order valence-corrected chi connectivity index (χ0v) is 20.4. The summed E-state index contributed by atoms with van der Waals surface area (Å²) in [6, 6.07) is 15.1. The lowest BCUT2D eigenvalue weighted by molar-refractivity contribution is -0.118. The number of rotatable bonds is 9. The number of nitrogens with one attached hydrogen (secondary N) is 1. The Morgan fingerprint density at radius 1 is 1.03 bits per heavy atom. The molecule has 0 atom stereocenters. The predicted molar refractivity (Wildman–Crippen MR) is 134 cm³/mol. The van der Waals surface area contributed by atoms with E-state index >= 15 is 0 Å². The van der Waals surface area contributed by atoms with Crippen molar-refractivity contribution in [1.29, 1.82) is 0 Å². The number of benzene rings is 3. The van der Waals surface area contributed by atoms with Crippen LogP contribution < -0.4 is 20.3 Å². The van der Waals surface area contributed by atoms with Crippen LogP contribution in [0, 0.1) is 11.6 Å². The van der Waals surface area contributed by atoms with Crippen molar-refractivity contribution in [3.8, 4) is 17.2 Å². The lowest BCUT2D eigenvalue weighted by Crippen LogP contribution is -2.28. The highest BCUT2D eigenvalue weighted by atomic mass is 32.2. The Morgan fingerprint density at radius 2 is 1.81 bits per heavy atom. The minimum absolute atomic E-state index is 0.0560. The van der Waals surface area contributed by atoms with E-state index in [4.69, 9.17) is 9.47 Å². The van der Waals surface area contributed by atoms with Gasteiger partial charge < -0.3 is 14.8 Å². The molecule has 0 aliphatic heterocycles. The van der Waals surface area contributed by atoms with Crippen molar-refractivity contribution in [3.63, 3.8) is 0 Å². The van der Waals surface area contributed by atoms with Crippen LogP contribution in [0.25, 0.3) is 16.6 Å². The highest BCUT2D eigenvalue weighted by Gasteiger charge is 2.17. The van der Waals surface area contributed by atoms with E-state index in [0.29, 0.717) is 36.0 Å². The van der Waals surface area contributed by atoms with Crippen molar-refractivity contribution in [2.24, 2.45) is 0 Å². The molecular formula is C26H23F2N3O4S. The highest BCUT2D eigenvalue weighted by Crippen LogP contribution is 2.27. The normalized spacial score (nSPS) is 10.9. The summed E-state index contributed by atoms with van der Waals surface area (Å²) in [5.41, 5.74) is 0.716. The van der Waals surface area contributed by atoms with Crippen molar-refractivity contribution in [2.75, 3.05) is 26.5 Å². The van der Waals surface area contributed by atoms with Crippen LogP contribution in [0.3, 0.4) is 0 Å². The van der Waals surface area contributed by atoms with E-state index in [0.717, 1.165) is 28.0 Å². The first kappa shape index (κ1) is 25.2. The molecule has 1 N–H and O–H groups in total. The van der Waals surface area contributed by atoms with Crippen LogP contribution in [0.1, 0.15) is 5.56 Å². The molecule has 0 saturated heterocycles. The Labute approximate surface area is 210 Å². The fourth-order valence-corrected chi connectivity index (χ4v) is 4.48. The third-order valence-electron chi connectivity index (χ3n) is 5.41. The number of methoxy groups -OCH3 is 2. The van der Waals surface area contributed by atoms with Gasteiger partial charge in [0.05, 0.1) is 36.6 Å². The molecule has 10 heteroatoms. The van der Waals surface area contributed by atoms with E-state index in [9.17, 15) is 18.4 Å². The number of nitrogens with zero attached hydrogens (tertiary/aromatic N) is 2. The largest absolute Gasteiger partial charge is 0.493 e. The van der Waals surface area contributed by atoms with Crippen LogP contribution in [-0.2, 0) is 11.2 Å². The highest BCUT2D eigenvalue weighted by molar-refractivity contribution is 7.99. The van der Waals surface area contributed by atoms with Gasteiger partial charge in [-0.3, -0.25) is 14.2 Å². The summed E-state index contributed by atoms with van der Waals surface area (Å²) in [6.07, 6.45) is 0.566. The number of para-hydroxylation sites is 1. The first-order valence-corrected chi connectivity index (χ1v) is 12.0. The van der Waals surface area contributed by atoms with Gasteiger partial charge >= 0.3 is 0 Å². The third kappa shape index (κ3) is 5.49. The Kier molecular flexibility index (Phi) is 7.84. The molecular weight excluding hydrogens is 488 g/mol. The Morgan fingerprint density at radius 3 is 2.56 bits per heavy atom. The van der Waals surface area contributed by atoms with Gasteiger partial charge in [0.1, 0.15) is 11.6 Å². The lowest BCUT2D eigenvalue weighted by atomic mass is 10.1. The first-order valence-electron chi connectivity index (χ1n) is 11.0. The lowest BCUT2D eigenvalue weighted by Gasteiger charge is -2.14. The van der Waals surface area contributed by atoms with Crippen molar-refractivity contribution in [3.05, 3.63) is 88.2 Å². The van der Waals surface area contributed by atoms with E-state index in [1.807, 2.05) is 12.1 Å². The summed E-state index contributed by atoms with van der Waals surface area (Å²) in [6.45, 7) is 0.374. The first-order chi connectivity index (χ1) is 17.4. The van der Waals surface area contributed by atoms with Gasteiger partial charge in [0.2, 0.25) is 5.91 Å². The molecule has 1 aromatic heterocycles. The average molecular weight is 512 g/mol. The van der Waals surface area contributed by atoms with Gasteiger partial charge in [-0.1, -0.05) is 30.0 Å². The van der Waals surface area contributed by atoms with Gasteiger partial charge in [0, 0.05) is 12.6 Å².